The smallest absolute Gasteiger partial charge is 0.330 e. The molecule has 0 spiro atoms. The van der Waals surface area contributed by atoms with E-state index in [2.05, 4.69) is 0 Å². The van der Waals surface area contributed by atoms with Crippen molar-refractivity contribution in [3.63, 3.8) is 0 Å². The molecule has 0 aromatic rings. The number of hydrogen-bond donors (Lipinski definition) is 2. The summed E-state index contributed by atoms with van der Waals surface area (Å²) in [7, 11) is 4.55. The lowest BCUT2D eigenvalue weighted by Gasteiger charge is -2.42. The first-order valence-corrected chi connectivity index (χ1v) is 16.9. The summed E-state index contributed by atoms with van der Waals surface area (Å²) in [5.74, 6) is -1.35. The Morgan fingerprint density at radius 1 is 0.809 bits per heavy atom. The molecule has 0 aliphatic carbocycles. The number of aliphatic hydroxyl groups is 2. The van der Waals surface area contributed by atoms with Gasteiger partial charge in [-0.15, -0.1) is 0 Å². The first-order valence-electron chi connectivity index (χ1n) is 16.9. The summed E-state index contributed by atoms with van der Waals surface area (Å²) in [6.07, 6.45) is 1.76. The molecule has 0 aromatic heterocycles. The first kappa shape index (κ1) is 39.7. The summed E-state index contributed by atoms with van der Waals surface area (Å²) in [4.78, 5) is 26.3. The number of carbonyl (C=O) groups excluding carboxylic acids is 2. The van der Waals surface area contributed by atoms with Crippen molar-refractivity contribution in [3.05, 3.63) is 24.3 Å². The predicted octanol–water partition coefficient (Wildman–Crippen LogP) is 3.36. The molecule has 47 heavy (non-hydrogen) atoms. The Bertz CT molecular complexity index is 1030. The largest absolute Gasteiger partial charge is 0.459 e. The van der Waals surface area contributed by atoms with E-state index in [1.165, 1.54) is 20.3 Å². The molecule has 0 radical (unpaired) electrons. The average molecular weight is 671 g/mol. The summed E-state index contributed by atoms with van der Waals surface area (Å²) in [5, 5.41) is 21.4. The van der Waals surface area contributed by atoms with Gasteiger partial charge in [0.1, 0.15) is 36.3 Å². The fraction of sp³-hybridized carbons (Fsp3) is 0.829. The topological polar surface area (TPSA) is 148 Å². The second-order valence-electron chi connectivity index (χ2n) is 13.4. The molecular weight excluding hydrogens is 612 g/mol. The van der Waals surface area contributed by atoms with Gasteiger partial charge in [0.05, 0.1) is 31.0 Å². The van der Waals surface area contributed by atoms with Gasteiger partial charge in [0.25, 0.3) is 0 Å². The molecule has 270 valence electrons. The number of carbonyl (C=O) groups is 2. The quantitative estimate of drug-likeness (QED) is 0.288. The molecule has 0 amide bonds. The SMILES string of the molecule is CO[C@@H]1[C@H](O)[C@@H](C)O[C@@H](OC[C@H]2/C=C/CCC(=O)[C@H](C)C[C@H](C)[C@H](O[C@@H]3O[C@H](C)C[C@H](OC)[C@H]3O)[C@@H](C)/C=C/C(=O)O[C@@H]2C)[C@@H]1OC. The molecule has 0 bridgehead atoms. The van der Waals surface area contributed by atoms with E-state index in [-0.39, 0.29) is 42.2 Å². The summed E-state index contributed by atoms with van der Waals surface area (Å²) in [6, 6.07) is 0. The molecule has 3 aliphatic heterocycles. The Morgan fingerprint density at radius 2 is 1.51 bits per heavy atom. The van der Waals surface area contributed by atoms with Crippen LogP contribution in [0.3, 0.4) is 0 Å². The Balaban J connectivity index is 1.78. The van der Waals surface area contributed by atoms with Gasteiger partial charge in [-0.25, -0.2) is 4.79 Å². The Labute approximate surface area is 280 Å². The number of esters is 1. The molecule has 2 fully saturated rings. The van der Waals surface area contributed by atoms with E-state index in [0.717, 1.165) is 0 Å². The zero-order valence-corrected chi connectivity index (χ0v) is 29.5. The third kappa shape index (κ3) is 10.9. The number of Topliss-reactive ketones (excluding diaryl/α,β-unsaturated/α-hetero) is 1. The molecule has 0 aromatic carbocycles. The number of methoxy groups -OCH3 is 3. The highest BCUT2D eigenvalue weighted by Crippen LogP contribution is 2.32. The van der Waals surface area contributed by atoms with E-state index in [9.17, 15) is 19.8 Å². The lowest BCUT2D eigenvalue weighted by molar-refractivity contribution is -0.304. The van der Waals surface area contributed by atoms with Crippen LogP contribution < -0.4 is 0 Å². The minimum Gasteiger partial charge on any atom is -0.459 e. The molecule has 3 aliphatic rings. The highest BCUT2D eigenvalue weighted by molar-refractivity contribution is 5.82. The van der Waals surface area contributed by atoms with Crippen LogP contribution >= 0.6 is 0 Å². The van der Waals surface area contributed by atoms with Crippen LogP contribution in [0.25, 0.3) is 0 Å². The van der Waals surface area contributed by atoms with Crippen molar-refractivity contribution in [3.8, 4) is 0 Å². The van der Waals surface area contributed by atoms with Gasteiger partial charge in [-0.2, -0.15) is 0 Å². The van der Waals surface area contributed by atoms with Gasteiger partial charge >= 0.3 is 5.97 Å². The number of hydrogen-bond acceptors (Lipinski definition) is 12. The maximum atomic E-state index is 13.2. The maximum absolute atomic E-state index is 13.2. The fourth-order valence-corrected chi connectivity index (χ4v) is 6.69. The lowest BCUT2D eigenvalue weighted by Crippen LogP contribution is -2.59. The Hall–Kier alpha value is -1.74. The molecule has 2 saturated heterocycles. The zero-order chi connectivity index (χ0) is 34.8. The van der Waals surface area contributed by atoms with Crippen LogP contribution in [0, 0.1) is 23.7 Å². The van der Waals surface area contributed by atoms with Crippen molar-refractivity contribution in [2.75, 3.05) is 27.9 Å². The highest BCUT2D eigenvalue weighted by atomic mass is 16.7. The molecule has 15 atom stereocenters. The molecule has 0 saturated carbocycles. The van der Waals surface area contributed by atoms with Gasteiger partial charge in [-0.3, -0.25) is 4.79 Å². The number of rotatable bonds is 8. The van der Waals surface area contributed by atoms with Crippen LogP contribution in [0.2, 0.25) is 0 Å². The number of allylic oxidation sites excluding steroid dienone is 1. The summed E-state index contributed by atoms with van der Waals surface area (Å²) < 4.78 is 46.8. The summed E-state index contributed by atoms with van der Waals surface area (Å²) >= 11 is 0. The molecule has 2 N–H and O–H groups in total. The molecule has 12 nitrogen and oxygen atoms in total. The Morgan fingerprint density at radius 3 is 2.17 bits per heavy atom. The van der Waals surface area contributed by atoms with E-state index in [1.54, 1.807) is 27.0 Å². The van der Waals surface area contributed by atoms with Crippen LogP contribution in [0.1, 0.15) is 67.2 Å². The van der Waals surface area contributed by atoms with Gasteiger partial charge in [-0.1, -0.05) is 39.0 Å². The van der Waals surface area contributed by atoms with Gasteiger partial charge in [0.15, 0.2) is 12.6 Å². The first-order chi connectivity index (χ1) is 22.3. The van der Waals surface area contributed by atoms with E-state index in [0.29, 0.717) is 25.7 Å². The minimum absolute atomic E-state index is 0.0954. The van der Waals surface area contributed by atoms with E-state index < -0.39 is 67.4 Å². The highest BCUT2D eigenvalue weighted by Gasteiger charge is 2.45. The third-order valence-electron chi connectivity index (χ3n) is 9.68. The standard InChI is InChI=1S/C35H58O12/c1-19-14-15-28(37)45-23(5)25(18-43-35-33(42-9)32(41-8)29(38)24(6)46-35)12-10-11-13-26(36)20(2)16-21(3)31(19)47-34-30(39)27(40-7)17-22(4)44-34/h10,12,14-15,19-25,27,29-35,38-39H,11,13,16-18H2,1-9H3/b12-10+,15-14+/t19-,20+,21-,22+,23+,24+,25+,27-,29+,30+,31+,32+,33+,34-,35+/m0/s1. The maximum Gasteiger partial charge on any atom is 0.330 e. The summed E-state index contributed by atoms with van der Waals surface area (Å²) in [5.41, 5.74) is 0. The van der Waals surface area contributed by atoms with Crippen LogP contribution in [-0.4, -0.2) is 117 Å². The van der Waals surface area contributed by atoms with Crippen LogP contribution in [-0.2, 0) is 47.5 Å². The van der Waals surface area contributed by atoms with Crippen molar-refractivity contribution in [1.29, 1.82) is 0 Å². The Kier molecular flexibility index (Phi) is 15.9. The van der Waals surface area contributed by atoms with Gasteiger partial charge < -0.3 is 48.1 Å². The zero-order valence-electron chi connectivity index (χ0n) is 29.5. The number of aliphatic hydroxyl groups excluding tert-OH is 2. The number of ether oxygens (including phenoxy) is 8. The van der Waals surface area contributed by atoms with Crippen LogP contribution in [0.15, 0.2) is 24.3 Å². The monoisotopic (exact) mass is 670 g/mol. The molecule has 12 heteroatoms. The summed E-state index contributed by atoms with van der Waals surface area (Å²) in [6.45, 7) is 11.4. The molecule has 0 unspecified atom stereocenters. The van der Waals surface area contributed by atoms with Crippen molar-refractivity contribution in [1.82, 2.24) is 0 Å². The van der Waals surface area contributed by atoms with Gasteiger partial charge in [0, 0.05) is 58.0 Å². The van der Waals surface area contributed by atoms with Crippen molar-refractivity contribution < 1.29 is 57.7 Å². The normalized spacial score (nSPS) is 44.4. The fourth-order valence-electron chi connectivity index (χ4n) is 6.69. The van der Waals surface area contributed by atoms with Crippen molar-refractivity contribution in [2.45, 2.75) is 135 Å². The number of ketones is 1. The molecule has 3 heterocycles. The van der Waals surface area contributed by atoms with Crippen molar-refractivity contribution >= 4 is 11.8 Å². The van der Waals surface area contributed by atoms with Crippen LogP contribution in [0.4, 0.5) is 0 Å². The van der Waals surface area contributed by atoms with Crippen molar-refractivity contribution in [2.24, 2.45) is 23.7 Å². The number of cyclic esters (lactones) is 1. The lowest BCUT2D eigenvalue weighted by atomic mass is 9.84. The van der Waals surface area contributed by atoms with E-state index in [1.807, 2.05) is 39.8 Å². The average Bonchev–Trinajstić information content (AvgIpc) is 3.03. The van der Waals surface area contributed by atoms with E-state index >= 15 is 0 Å². The van der Waals surface area contributed by atoms with E-state index in [4.69, 9.17) is 37.9 Å². The second-order valence-corrected chi connectivity index (χ2v) is 13.4. The van der Waals surface area contributed by atoms with Gasteiger partial charge in [0.2, 0.25) is 0 Å². The minimum atomic E-state index is -0.984. The second kappa shape index (κ2) is 18.9. The predicted molar refractivity (Wildman–Crippen MR) is 172 cm³/mol. The van der Waals surface area contributed by atoms with Gasteiger partial charge in [-0.05, 0) is 39.5 Å². The molecular formula is C35H58O12. The molecule has 3 rings (SSSR count). The third-order valence-corrected chi connectivity index (χ3v) is 9.68. The van der Waals surface area contributed by atoms with Crippen LogP contribution in [0.5, 0.6) is 0 Å².